The van der Waals surface area contributed by atoms with Gasteiger partial charge in [-0.15, -0.1) is 0 Å². The number of allylic oxidation sites excluding steroid dienone is 1. The quantitative estimate of drug-likeness (QED) is 0.596. The molecule has 1 aromatic rings. The molecule has 0 spiro atoms. The Balaban J connectivity index is 2.90. The van der Waals surface area contributed by atoms with Crippen LogP contribution in [0.1, 0.15) is 54.0 Å². The van der Waals surface area contributed by atoms with Gasteiger partial charge in [-0.05, 0) is 30.7 Å². The third-order valence-corrected chi connectivity index (χ3v) is 3.81. The summed E-state index contributed by atoms with van der Waals surface area (Å²) in [7, 11) is 0. The lowest BCUT2D eigenvalue weighted by molar-refractivity contribution is -0.0433. The van der Waals surface area contributed by atoms with Crippen molar-refractivity contribution in [2.45, 2.75) is 61.2 Å². The van der Waals surface area contributed by atoms with E-state index in [1.54, 1.807) is 0 Å². The SMILES string of the molecule is CC(C)=C[C@H]([C@@H](OCc1ccccc1)C(C)C)C(C)(C)C. The summed E-state index contributed by atoms with van der Waals surface area (Å²) in [5.74, 6) is 0.916. The van der Waals surface area contributed by atoms with Gasteiger partial charge in [-0.25, -0.2) is 0 Å². The van der Waals surface area contributed by atoms with Crippen LogP contribution in [0.2, 0.25) is 0 Å². The Morgan fingerprint density at radius 3 is 2.10 bits per heavy atom. The second-order valence-electron chi connectivity index (χ2n) is 7.64. The molecule has 0 fully saturated rings. The molecular weight excluding hydrogens is 256 g/mol. The number of rotatable bonds is 6. The van der Waals surface area contributed by atoms with Crippen molar-refractivity contribution in [3.63, 3.8) is 0 Å². The van der Waals surface area contributed by atoms with Gasteiger partial charge < -0.3 is 4.74 Å². The molecule has 1 nitrogen and oxygen atoms in total. The van der Waals surface area contributed by atoms with E-state index >= 15 is 0 Å². The zero-order valence-corrected chi connectivity index (χ0v) is 14.8. The molecule has 0 unspecified atom stereocenters. The molecule has 2 atom stereocenters. The first-order valence-electron chi connectivity index (χ1n) is 8.02. The van der Waals surface area contributed by atoms with Crippen LogP contribution in [0.25, 0.3) is 0 Å². The molecule has 0 N–H and O–H groups in total. The summed E-state index contributed by atoms with van der Waals surface area (Å²) >= 11 is 0. The Morgan fingerprint density at radius 2 is 1.67 bits per heavy atom. The largest absolute Gasteiger partial charge is 0.373 e. The predicted octanol–water partition coefficient (Wildman–Crippen LogP) is 5.86. The van der Waals surface area contributed by atoms with Crippen LogP contribution in [0, 0.1) is 17.3 Å². The van der Waals surface area contributed by atoms with Gasteiger partial charge in [-0.1, -0.05) is 76.6 Å². The Labute approximate surface area is 131 Å². The molecule has 1 rings (SSSR count). The second kappa shape index (κ2) is 7.79. The lowest BCUT2D eigenvalue weighted by atomic mass is 9.73. The van der Waals surface area contributed by atoms with Crippen LogP contribution in [0.4, 0.5) is 0 Å². The highest BCUT2D eigenvalue weighted by atomic mass is 16.5. The van der Waals surface area contributed by atoms with Gasteiger partial charge in [0.05, 0.1) is 12.7 Å². The molecule has 1 aromatic carbocycles. The van der Waals surface area contributed by atoms with Crippen LogP contribution in [-0.2, 0) is 11.3 Å². The van der Waals surface area contributed by atoms with Gasteiger partial charge >= 0.3 is 0 Å². The van der Waals surface area contributed by atoms with Gasteiger partial charge in [0, 0.05) is 5.92 Å². The topological polar surface area (TPSA) is 9.23 Å². The van der Waals surface area contributed by atoms with Crippen LogP contribution in [-0.4, -0.2) is 6.10 Å². The Kier molecular flexibility index (Phi) is 6.67. The van der Waals surface area contributed by atoms with Crippen molar-refractivity contribution in [2.24, 2.45) is 17.3 Å². The zero-order chi connectivity index (χ0) is 16.0. The van der Waals surface area contributed by atoms with Gasteiger partial charge in [0.2, 0.25) is 0 Å². The number of benzene rings is 1. The number of ether oxygens (including phenoxy) is 1. The molecule has 1 heteroatoms. The van der Waals surface area contributed by atoms with E-state index in [0.29, 0.717) is 18.4 Å². The Morgan fingerprint density at radius 1 is 1.10 bits per heavy atom. The highest BCUT2D eigenvalue weighted by Gasteiger charge is 2.33. The lowest BCUT2D eigenvalue weighted by Gasteiger charge is -2.37. The molecule has 0 heterocycles. The summed E-state index contributed by atoms with van der Waals surface area (Å²) in [6.07, 6.45) is 2.62. The number of hydrogen-bond donors (Lipinski definition) is 0. The van der Waals surface area contributed by atoms with Crippen molar-refractivity contribution in [1.29, 1.82) is 0 Å². The monoisotopic (exact) mass is 288 g/mol. The van der Waals surface area contributed by atoms with Crippen LogP contribution >= 0.6 is 0 Å². The average molecular weight is 288 g/mol. The summed E-state index contributed by atoms with van der Waals surface area (Å²) in [5, 5.41) is 0. The minimum Gasteiger partial charge on any atom is -0.373 e. The molecule has 0 aliphatic carbocycles. The van der Waals surface area contributed by atoms with Crippen LogP contribution in [0.3, 0.4) is 0 Å². The van der Waals surface area contributed by atoms with E-state index in [0.717, 1.165) is 0 Å². The first kappa shape index (κ1) is 18.0. The van der Waals surface area contributed by atoms with E-state index in [2.05, 4.69) is 78.8 Å². The normalized spacial score (nSPS) is 14.9. The van der Waals surface area contributed by atoms with E-state index in [-0.39, 0.29) is 11.5 Å². The molecule has 0 saturated heterocycles. The molecule has 0 bridgehead atoms. The van der Waals surface area contributed by atoms with Crippen LogP contribution < -0.4 is 0 Å². The van der Waals surface area contributed by atoms with Crippen molar-refractivity contribution in [3.8, 4) is 0 Å². The van der Waals surface area contributed by atoms with Crippen molar-refractivity contribution < 1.29 is 4.74 Å². The summed E-state index contributed by atoms with van der Waals surface area (Å²) in [4.78, 5) is 0. The predicted molar refractivity (Wildman–Crippen MR) is 92.2 cm³/mol. The van der Waals surface area contributed by atoms with Crippen molar-refractivity contribution in [1.82, 2.24) is 0 Å². The zero-order valence-electron chi connectivity index (χ0n) is 14.8. The van der Waals surface area contributed by atoms with Gasteiger partial charge in [0.25, 0.3) is 0 Å². The van der Waals surface area contributed by atoms with Gasteiger partial charge in [-0.2, -0.15) is 0 Å². The molecule has 0 aliphatic rings. The highest BCUT2D eigenvalue weighted by molar-refractivity contribution is 5.13. The first-order valence-corrected chi connectivity index (χ1v) is 8.02. The minimum atomic E-state index is 0.197. The maximum Gasteiger partial charge on any atom is 0.0721 e. The lowest BCUT2D eigenvalue weighted by Crippen LogP contribution is -2.36. The second-order valence-corrected chi connectivity index (χ2v) is 7.64. The summed E-state index contributed by atoms with van der Waals surface area (Å²) in [5.41, 5.74) is 2.81. The summed E-state index contributed by atoms with van der Waals surface area (Å²) in [6.45, 7) is 16.5. The molecule has 0 saturated carbocycles. The molecule has 0 aromatic heterocycles. The smallest absolute Gasteiger partial charge is 0.0721 e. The Bertz CT molecular complexity index is 433. The summed E-state index contributed by atoms with van der Waals surface area (Å²) < 4.78 is 6.33. The third-order valence-electron chi connectivity index (χ3n) is 3.81. The molecule has 21 heavy (non-hydrogen) atoms. The fraction of sp³-hybridized carbons (Fsp3) is 0.600. The van der Waals surface area contributed by atoms with Gasteiger partial charge in [0.15, 0.2) is 0 Å². The maximum absolute atomic E-state index is 6.33. The van der Waals surface area contributed by atoms with Crippen molar-refractivity contribution in [3.05, 3.63) is 47.5 Å². The minimum absolute atomic E-state index is 0.197. The van der Waals surface area contributed by atoms with Crippen LogP contribution in [0.5, 0.6) is 0 Å². The highest BCUT2D eigenvalue weighted by Crippen LogP contribution is 2.35. The third kappa shape index (κ3) is 6.05. The fourth-order valence-corrected chi connectivity index (χ4v) is 2.67. The molecule has 0 amide bonds. The first-order chi connectivity index (χ1) is 9.71. The van der Waals surface area contributed by atoms with E-state index in [9.17, 15) is 0 Å². The van der Waals surface area contributed by atoms with Crippen molar-refractivity contribution >= 4 is 0 Å². The average Bonchev–Trinajstić information content (AvgIpc) is 2.37. The fourth-order valence-electron chi connectivity index (χ4n) is 2.67. The molecule has 0 radical (unpaired) electrons. The van der Waals surface area contributed by atoms with E-state index < -0.39 is 0 Å². The van der Waals surface area contributed by atoms with Crippen molar-refractivity contribution in [2.75, 3.05) is 0 Å². The standard InChI is InChI=1S/C20H32O/c1-15(2)13-18(20(5,6)7)19(16(3)4)21-14-17-11-9-8-10-12-17/h8-13,16,18-19H,14H2,1-7H3/t18-,19+/m1/s1. The molecular formula is C20H32O. The van der Waals surface area contributed by atoms with E-state index in [1.807, 2.05) is 6.07 Å². The van der Waals surface area contributed by atoms with Gasteiger partial charge in [0.1, 0.15) is 0 Å². The Hall–Kier alpha value is -1.08. The van der Waals surface area contributed by atoms with Crippen LogP contribution in [0.15, 0.2) is 42.0 Å². The number of hydrogen-bond acceptors (Lipinski definition) is 1. The van der Waals surface area contributed by atoms with E-state index in [4.69, 9.17) is 4.74 Å². The van der Waals surface area contributed by atoms with E-state index in [1.165, 1.54) is 11.1 Å². The molecule has 0 aliphatic heterocycles. The molecule has 118 valence electrons. The maximum atomic E-state index is 6.33. The van der Waals surface area contributed by atoms with Gasteiger partial charge in [-0.3, -0.25) is 0 Å². The summed E-state index contributed by atoms with van der Waals surface area (Å²) in [6, 6.07) is 10.4.